The summed E-state index contributed by atoms with van der Waals surface area (Å²) < 4.78 is 0. The van der Waals surface area contributed by atoms with Crippen LogP contribution < -0.4 is 5.73 Å². The summed E-state index contributed by atoms with van der Waals surface area (Å²) in [6, 6.07) is 1.69. The molecule has 0 heterocycles. The highest BCUT2D eigenvalue weighted by atomic mass is 16.1. The summed E-state index contributed by atoms with van der Waals surface area (Å²) in [6.07, 6.45) is 2.86. The number of hydrogen-bond acceptors (Lipinski definition) is 2. The van der Waals surface area contributed by atoms with Crippen LogP contribution in [0, 0.1) is 11.3 Å². The molecule has 0 spiro atoms. The fourth-order valence-corrected chi connectivity index (χ4v) is 0.142. The van der Waals surface area contributed by atoms with Crippen LogP contribution in [0.5, 0.6) is 0 Å². The van der Waals surface area contributed by atoms with Crippen molar-refractivity contribution >= 4 is 5.91 Å². The fourth-order valence-electron chi connectivity index (χ4n) is 0.142. The lowest BCUT2D eigenvalue weighted by molar-refractivity contribution is -0.114. The number of primary amides is 1. The number of hydrogen-bond donors (Lipinski definition) is 1. The second kappa shape index (κ2) is 8.44. The van der Waals surface area contributed by atoms with Crippen LogP contribution in [0.3, 0.4) is 0 Å². The van der Waals surface area contributed by atoms with Crippen LogP contribution in [0.15, 0.2) is 24.3 Å². The Balaban J connectivity index is 0. The zero-order valence-corrected chi connectivity index (χ0v) is 6.79. The van der Waals surface area contributed by atoms with Crippen molar-refractivity contribution in [2.24, 2.45) is 5.73 Å². The Labute approximate surface area is 66.8 Å². The zero-order chi connectivity index (χ0) is 9.28. The monoisotopic (exact) mass is 152 g/mol. The molecule has 0 bridgehead atoms. The molecule has 0 saturated heterocycles. The van der Waals surface area contributed by atoms with Gasteiger partial charge in [0.25, 0.3) is 0 Å². The van der Waals surface area contributed by atoms with E-state index in [-0.39, 0.29) is 5.91 Å². The summed E-state index contributed by atoms with van der Waals surface area (Å²) in [6.45, 7) is 6.58. The zero-order valence-electron chi connectivity index (χ0n) is 6.79. The molecule has 0 aliphatic heterocycles. The highest BCUT2D eigenvalue weighted by Gasteiger charge is 1.90. The molecule has 1 amide bonds. The van der Waals surface area contributed by atoms with Crippen LogP contribution in [-0.4, -0.2) is 5.91 Å². The highest BCUT2D eigenvalue weighted by molar-refractivity contribution is 5.91. The van der Waals surface area contributed by atoms with Gasteiger partial charge in [-0.1, -0.05) is 12.7 Å². The van der Waals surface area contributed by atoms with E-state index in [1.54, 1.807) is 26.0 Å². The molecular weight excluding hydrogens is 140 g/mol. The molecule has 60 valence electrons. The largest absolute Gasteiger partial charge is 0.366 e. The van der Waals surface area contributed by atoms with E-state index in [4.69, 9.17) is 11.0 Å². The molecule has 0 rings (SSSR count). The first-order chi connectivity index (χ1) is 5.09. The van der Waals surface area contributed by atoms with Gasteiger partial charge in [-0.25, -0.2) is 0 Å². The Kier molecular flexibility index (Phi) is 9.32. The number of nitrogens with zero attached hydrogens (tertiary/aromatic N) is 1. The first kappa shape index (κ1) is 12.1. The number of rotatable bonds is 1. The summed E-state index contributed by atoms with van der Waals surface area (Å²) in [4.78, 5) is 10.1. The molecule has 0 unspecified atom stereocenters. The van der Waals surface area contributed by atoms with Gasteiger partial charge in [-0.15, -0.1) is 0 Å². The molecule has 0 aromatic rings. The normalized spacial score (nSPS) is 8.64. The van der Waals surface area contributed by atoms with Crippen molar-refractivity contribution in [3.8, 4) is 6.07 Å². The van der Waals surface area contributed by atoms with E-state index in [1.165, 1.54) is 6.08 Å². The van der Waals surface area contributed by atoms with Crippen molar-refractivity contribution in [3.05, 3.63) is 24.3 Å². The Morgan fingerprint density at radius 3 is 2.09 bits per heavy atom. The fraction of sp³-hybridized carbons (Fsp3) is 0.250. The van der Waals surface area contributed by atoms with Crippen LogP contribution in [-0.2, 0) is 4.79 Å². The number of nitrogens with two attached hydrogens (primary N) is 1. The Morgan fingerprint density at radius 2 is 2.09 bits per heavy atom. The van der Waals surface area contributed by atoms with Crippen molar-refractivity contribution in [2.75, 3.05) is 0 Å². The van der Waals surface area contributed by atoms with E-state index < -0.39 is 0 Å². The van der Waals surface area contributed by atoms with E-state index in [0.29, 0.717) is 5.57 Å². The third kappa shape index (κ3) is 11.8. The minimum atomic E-state index is -0.345. The summed E-state index contributed by atoms with van der Waals surface area (Å²) in [7, 11) is 0. The summed E-state index contributed by atoms with van der Waals surface area (Å²) in [5.74, 6) is -0.345. The molecule has 0 atom stereocenters. The molecule has 3 heteroatoms. The quantitative estimate of drug-likeness (QED) is 0.452. The lowest BCUT2D eigenvalue weighted by Crippen LogP contribution is -2.10. The highest BCUT2D eigenvalue weighted by Crippen LogP contribution is 1.85. The third-order valence-electron chi connectivity index (χ3n) is 0.913. The maximum Gasteiger partial charge on any atom is 0.243 e. The van der Waals surface area contributed by atoms with Gasteiger partial charge < -0.3 is 5.73 Å². The van der Waals surface area contributed by atoms with E-state index in [0.717, 1.165) is 0 Å². The number of carbonyl (C=O) groups excluding carboxylic acids is 1. The van der Waals surface area contributed by atoms with Gasteiger partial charge in [0.1, 0.15) is 0 Å². The molecule has 0 saturated carbocycles. The van der Waals surface area contributed by atoms with Gasteiger partial charge in [0.05, 0.1) is 6.07 Å². The van der Waals surface area contributed by atoms with Crippen molar-refractivity contribution in [1.29, 1.82) is 5.26 Å². The summed E-state index contributed by atoms with van der Waals surface area (Å²) in [5, 5.41) is 7.51. The second-order valence-corrected chi connectivity index (χ2v) is 1.67. The molecule has 0 aliphatic carbocycles. The van der Waals surface area contributed by atoms with Crippen molar-refractivity contribution in [1.82, 2.24) is 0 Å². The van der Waals surface area contributed by atoms with Crippen LogP contribution in [0.2, 0.25) is 0 Å². The van der Waals surface area contributed by atoms with Gasteiger partial charge in [-0.3, -0.25) is 4.79 Å². The van der Waals surface area contributed by atoms with Gasteiger partial charge >= 0.3 is 0 Å². The predicted octanol–water partition coefficient (Wildman–Crippen LogP) is 1.13. The van der Waals surface area contributed by atoms with Crippen LogP contribution >= 0.6 is 0 Å². The standard InChI is InChI=1S/C5H9NO.C3H3N/c1-3-4(2)5(6)7;1-2-3-4/h3H,1-2H3,(H2,6,7);2H,1H2. The lowest BCUT2D eigenvalue weighted by atomic mass is 10.3. The Morgan fingerprint density at radius 1 is 1.73 bits per heavy atom. The van der Waals surface area contributed by atoms with Gasteiger partial charge in [-0.05, 0) is 13.8 Å². The smallest absolute Gasteiger partial charge is 0.243 e. The number of amides is 1. The minimum Gasteiger partial charge on any atom is -0.366 e. The average Bonchev–Trinajstić information content (AvgIpc) is 2.03. The van der Waals surface area contributed by atoms with Crippen LogP contribution in [0.25, 0.3) is 0 Å². The molecule has 3 nitrogen and oxygen atoms in total. The second-order valence-electron chi connectivity index (χ2n) is 1.67. The van der Waals surface area contributed by atoms with Crippen molar-refractivity contribution in [3.63, 3.8) is 0 Å². The predicted molar refractivity (Wildman–Crippen MR) is 44.4 cm³/mol. The van der Waals surface area contributed by atoms with E-state index in [2.05, 4.69) is 6.58 Å². The van der Waals surface area contributed by atoms with E-state index >= 15 is 0 Å². The van der Waals surface area contributed by atoms with Crippen LogP contribution in [0.1, 0.15) is 13.8 Å². The number of carbonyl (C=O) groups is 1. The minimum absolute atomic E-state index is 0.345. The van der Waals surface area contributed by atoms with Crippen molar-refractivity contribution in [2.45, 2.75) is 13.8 Å². The maximum absolute atomic E-state index is 10.1. The lowest BCUT2D eigenvalue weighted by Gasteiger charge is -1.85. The molecular formula is C8H12N2O. The molecule has 0 radical (unpaired) electrons. The Bertz CT molecular complexity index is 199. The van der Waals surface area contributed by atoms with Crippen molar-refractivity contribution < 1.29 is 4.79 Å². The molecule has 2 N–H and O–H groups in total. The number of nitriles is 1. The first-order valence-electron chi connectivity index (χ1n) is 3.03. The SMILES string of the molecule is C=CC#N.CC=C(C)C(N)=O. The Hall–Kier alpha value is -1.56. The third-order valence-corrected chi connectivity index (χ3v) is 0.913. The first-order valence-corrected chi connectivity index (χ1v) is 3.03. The summed E-state index contributed by atoms with van der Waals surface area (Å²) >= 11 is 0. The molecule has 0 aliphatic rings. The van der Waals surface area contributed by atoms with E-state index in [1.807, 2.05) is 0 Å². The molecule has 11 heavy (non-hydrogen) atoms. The van der Waals surface area contributed by atoms with E-state index in [9.17, 15) is 4.79 Å². The average molecular weight is 152 g/mol. The van der Waals surface area contributed by atoms with Crippen LogP contribution in [0.4, 0.5) is 0 Å². The maximum atomic E-state index is 10.1. The summed E-state index contributed by atoms with van der Waals surface area (Å²) in [5.41, 5.74) is 5.45. The van der Waals surface area contributed by atoms with Gasteiger partial charge in [0.15, 0.2) is 0 Å². The topological polar surface area (TPSA) is 66.9 Å². The van der Waals surface area contributed by atoms with Gasteiger partial charge in [0, 0.05) is 11.6 Å². The number of allylic oxidation sites excluding steroid dienone is 2. The molecule has 0 fully saturated rings. The van der Waals surface area contributed by atoms with Gasteiger partial charge in [0.2, 0.25) is 5.91 Å². The van der Waals surface area contributed by atoms with Gasteiger partial charge in [-0.2, -0.15) is 5.26 Å². The molecule has 0 aromatic heterocycles. The molecule has 0 aromatic carbocycles.